The Morgan fingerprint density at radius 2 is 1.69 bits per heavy atom. The van der Waals surface area contributed by atoms with Crippen LogP contribution in [0.3, 0.4) is 0 Å². The lowest BCUT2D eigenvalue weighted by molar-refractivity contribution is 0.136. The van der Waals surface area contributed by atoms with Crippen molar-refractivity contribution in [3.8, 4) is 0 Å². The number of piperazine rings is 1. The van der Waals surface area contributed by atoms with Crippen molar-refractivity contribution in [3.05, 3.63) is 0 Å². The molecule has 26 heavy (non-hydrogen) atoms. The summed E-state index contributed by atoms with van der Waals surface area (Å²) in [6, 6.07) is 0.672. The summed E-state index contributed by atoms with van der Waals surface area (Å²) in [7, 11) is 1.87. The lowest BCUT2D eigenvalue weighted by atomic mass is 10.2. The molecule has 2 heterocycles. The van der Waals surface area contributed by atoms with Gasteiger partial charge in [-0.25, -0.2) is 0 Å². The minimum atomic E-state index is 0. The van der Waals surface area contributed by atoms with E-state index in [0.717, 1.165) is 25.6 Å². The highest BCUT2D eigenvalue weighted by atomic mass is 127. The number of likely N-dealkylation sites (N-methyl/N-ethyl adjacent to an activating group) is 2. The third-order valence-corrected chi connectivity index (χ3v) is 5.74. The molecule has 6 nitrogen and oxygen atoms in total. The topological polar surface area (TPSA) is 46.1 Å². The second kappa shape index (κ2) is 14.0. The van der Waals surface area contributed by atoms with Crippen molar-refractivity contribution in [1.82, 2.24) is 25.3 Å². The molecule has 7 heteroatoms. The minimum absolute atomic E-state index is 0. The van der Waals surface area contributed by atoms with Gasteiger partial charge in [0.15, 0.2) is 5.96 Å². The Morgan fingerprint density at radius 3 is 2.35 bits per heavy atom. The first-order chi connectivity index (χ1) is 12.3. The summed E-state index contributed by atoms with van der Waals surface area (Å²) < 4.78 is 0. The van der Waals surface area contributed by atoms with Gasteiger partial charge >= 0.3 is 0 Å². The van der Waals surface area contributed by atoms with E-state index in [2.05, 4.69) is 44.2 Å². The summed E-state index contributed by atoms with van der Waals surface area (Å²) in [5.74, 6) is 0.958. The zero-order chi connectivity index (χ0) is 17.9. The summed E-state index contributed by atoms with van der Waals surface area (Å²) >= 11 is 0. The molecule has 2 aliphatic heterocycles. The Morgan fingerprint density at radius 1 is 0.962 bits per heavy atom. The molecular formula is C19H41IN6. The number of nitrogens with zero attached hydrogens (tertiary/aromatic N) is 4. The molecule has 0 aliphatic carbocycles. The first-order valence-corrected chi connectivity index (χ1v) is 10.4. The molecule has 2 fully saturated rings. The Kier molecular flexibility index (Phi) is 12.8. The van der Waals surface area contributed by atoms with Crippen molar-refractivity contribution >= 4 is 29.9 Å². The SMILES string of the molecule is CCN1CCN(CCCCNC(=NC)NCC2CCCN2CC)CC1.I. The molecule has 2 saturated heterocycles. The van der Waals surface area contributed by atoms with Crippen molar-refractivity contribution in [2.45, 2.75) is 45.6 Å². The lowest BCUT2D eigenvalue weighted by Crippen LogP contribution is -2.46. The molecular weight excluding hydrogens is 439 g/mol. The molecule has 1 atom stereocenters. The van der Waals surface area contributed by atoms with E-state index in [-0.39, 0.29) is 24.0 Å². The number of rotatable bonds is 9. The van der Waals surface area contributed by atoms with E-state index >= 15 is 0 Å². The van der Waals surface area contributed by atoms with E-state index in [4.69, 9.17) is 0 Å². The fourth-order valence-corrected chi connectivity index (χ4v) is 3.97. The maximum atomic E-state index is 4.37. The van der Waals surface area contributed by atoms with Gasteiger partial charge in [-0.15, -0.1) is 24.0 Å². The smallest absolute Gasteiger partial charge is 0.191 e. The lowest BCUT2D eigenvalue weighted by Gasteiger charge is -2.34. The molecule has 0 aromatic heterocycles. The second-order valence-corrected chi connectivity index (χ2v) is 7.29. The van der Waals surface area contributed by atoms with Crippen LogP contribution in [0, 0.1) is 0 Å². The van der Waals surface area contributed by atoms with Gasteiger partial charge in [-0.2, -0.15) is 0 Å². The Bertz CT molecular complexity index is 384. The summed E-state index contributed by atoms with van der Waals surface area (Å²) in [4.78, 5) is 12.1. The van der Waals surface area contributed by atoms with Gasteiger partial charge in [0, 0.05) is 52.4 Å². The third-order valence-electron chi connectivity index (χ3n) is 5.74. The molecule has 0 amide bonds. The van der Waals surface area contributed by atoms with E-state index in [9.17, 15) is 0 Å². The molecule has 2 rings (SSSR count). The van der Waals surface area contributed by atoms with Crippen molar-refractivity contribution in [1.29, 1.82) is 0 Å². The van der Waals surface area contributed by atoms with Gasteiger partial charge in [0.05, 0.1) is 0 Å². The van der Waals surface area contributed by atoms with Crippen LogP contribution in [-0.2, 0) is 0 Å². The van der Waals surface area contributed by atoms with Crippen molar-refractivity contribution in [2.24, 2.45) is 4.99 Å². The average Bonchev–Trinajstić information content (AvgIpc) is 3.12. The number of halogens is 1. The molecule has 2 N–H and O–H groups in total. The summed E-state index contributed by atoms with van der Waals surface area (Å²) in [6.07, 6.45) is 5.11. The predicted octanol–water partition coefficient (Wildman–Crippen LogP) is 1.67. The molecule has 0 aromatic carbocycles. The predicted molar refractivity (Wildman–Crippen MR) is 123 cm³/mol. The van der Waals surface area contributed by atoms with Gasteiger partial charge < -0.3 is 20.4 Å². The second-order valence-electron chi connectivity index (χ2n) is 7.29. The zero-order valence-corrected chi connectivity index (χ0v) is 19.5. The fraction of sp³-hybridized carbons (Fsp3) is 0.947. The van der Waals surface area contributed by atoms with Crippen LogP contribution in [0.1, 0.15) is 39.5 Å². The highest BCUT2D eigenvalue weighted by Gasteiger charge is 2.22. The number of aliphatic imine (C=N–C) groups is 1. The van der Waals surface area contributed by atoms with E-state index < -0.39 is 0 Å². The van der Waals surface area contributed by atoms with Crippen molar-refractivity contribution in [3.63, 3.8) is 0 Å². The molecule has 0 aromatic rings. The number of hydrogen-bond donors (Lipinski definition) is 2. The Labute approximate surface area is 178 Å². The Balaban J connectivity index is 0.00000338. The highest BCUT2D eigenvalue weighted by molar-refractivity contribution is 14.0. The molecule has 154 valence electrons. The molecule has 0 spiro atoms. The maximum Gasteiger partial charge on any atom is 0.191 e. The van der Waals surface area contributed by atoms with Crippen LogP contribution in [-0.4, -0.2) is 99.2 Å². The van der Waals surface area contributed by atoms with Gasteiger partial charge in [0.2, 0.25) is 0 Å². The standard InChI is InChI=1S/C19H40N6.HI/c1-4-23-13-15-24(16-14-23)11-7-6-10-21-19(20-3)22-17-18-9-8-12-25(18)5-2;/h18H,4-17H2,1-3H3,(H2,20,21,22);1H. The summed E-state index contributed by atoms with van der Waals surface area (Å²) in [6.45, 7) is 16.3. The normalized spacial score (nSPS) is 23.0. The molecule has 1 unspecified atom stereocenters. The monoisotopic (exact) mass is 480 g/mol. The van der Waals surface area contributed by atoms with Crippen LogP contribution in [0.25, 0.3) is 0 Å². The number of unbranched alkanes of at least 4 members (excludes halogenated alkanes) is 1. The van der Waals surface area contributed by atoms with Gasteiger partial charge in [-0.3, -0.25) is 9.89 Å². The quantitative estimate of drug-likeness (QED) is 0.228. The molecule has 0 saturated carbocycles. The van der Waals surface area contributed by atoms with Crippen LogP contribution in [0.4, 0.5) is 0 Å². The van der Waals surface area contributed by atoms with E-state index in [1.807, 2.05) is 7.05 Å². The van der Waals surface area contributed by atoms with Gasteiger partial charge in [0.1, 0.15) is 0 Å². The number of guanidine groups is 1. The molecule has 0 bridgehead atoms. The van der Waals surface area contributed by atoms with Crippen molar-refractivity contribution < 1.29 is 0 Å². The van der Waals surface area contributed by atoms with E-state index in [0.29, 0.717) is 6.04 Å². The fourth-order valence-electron chi connectivity index (χ4n) is 3.97. The summed E-state index contributed by atoms with van der Waals surface area (Å²) in [5, 5.41) is 6.98. The van der Waals surface area contributed by atoms with Crippen LogP contribution >= 0.6 is 24.0 Å². The van der Waals surface area contributed by atoms with E-state index in [1.54, 1.807) is 0 Å². The van der Waals surface area contributed by atoms with Crippen LogP contribution < -0.4 is 10.6 Å². The minimum Gasteiger partial charge on any atom is -0.356 e. The Hall–Kier alpha value is -0.120. The van der Waals surface area contributed by atoms with Crippen LogP contribution in [0.2, 0.25) is 0 Å². The van der Waals surface area contributed by atoms with Crippen molar-refractivity contribution in [2.75, 3.05) is 72.5 Å². The number of likely N-dealkylation sites (tertiary alicyclic amines) is 1. The first kappa shape index (κ1) is 23.9. The van der Waals surface area contributed by atoms with Gasteiger partial charge in [-0.05, 0) is 51.9 Å². The van der Waals surface area contributed by atoms with Crippen LogP contribution in [0.15, 0.2) is 4.99 Å². The number of hydrogen-bond acceptors (Lipinski definition) is 4. The first-order valence-electron chi connectivity index (χ1n) is 10.4. The zero-order valence-electron chi connectivity index (χ0n) is 17.2. The molecule has 0 radical (unpaired) electrons. The van der Waals surface area contributed by atoms with E-state index in [1.165, 1.54) is 71.5 Å². The summed E-state index contributed by atoms with van der Waals surface area (Å²) in [5.41, 5.74) is 0. The van der Waals surface area contributed by atoms with Gasteiger partial charge in [-0.1, -0.05) is 13.8 Å². The average molecular weight is 480 g/mol. The largest absolute Gasteiger partial charge is 0.356 e. The highest BCUT2D eigenvalue weighted by Crippen LogP contribution is 2.15. The maximum absolute atomic E-state index is 4.37. The van der Waals surface area contributed by atoms with Gasteiger partial charge in [0.25, 0.3) is 0 Å². The number of nitrogens with one attached hydrogen (secondary N) is 2. The third kappa shape index (κ3) is 8.27. The van der Waals surface area contributed by atoms with Crippen LogP contribution in [0.5, 0.6) is 0 Å². The molecule has 2 aliphatic rings.